The molecule has 1 N–H and O–H groups in total. The van der Waals surface area contributed by atoms with E-state index < -0.39 is 0 Å². The van der Waals surface area contributed by atoms with E-state index in [1.807, 2.05) is 25.1 Å². The Morgan fingerprint density at radius 1 is 1.30 bits per heavy atom. The first-order valence-corrected chi connectivity index (χ1v) is 6.74. The molecular formula is C15H17NO4. The molecule has 0 aliphatic carbocycles. The summed E-state index contributed by atoms with van der Waals surface area (Å²) in [7, 11) is 0. The number of para-hydroxylation sites is 1. The zero-order valence-corrected chi connectivity index (χ0v) is 11.4. The lowest BCUT2D eigenvalue weighted by atomic mass is 10.1. The third-order valence-corrected chi connectivity index (χ3v) is 3.51. The van der Waals surface area contributed by atoms with Gasteiger partial charge in [0, 0.05) is 12.1 Å². The highest BCUT2D eigenvalue weighted by atomic mass is 16.7. The maximum absolute atomic E-state index is 12.2. The lowest BCUT2D eigenvalue weighted by molar-refractivity contribution is -0.118. The minimum Gasteiger partial charge on any atom is -0.498 e. The molecule has 5 heteroatoms. The number of allylic oxidation sites excluding steroid dienone is 1. The predicted molar refractivity (Wildman–Crippen MR) is 72.3 cm³/mol. The van der Waals surface area contributed by atoms with E-state index in [0.29, 0.717) is 13.2 Å². The van der Waals surface area contributed by atoms with Crippen LogP contribution >= 0.6 is 0 Å². The van der Waals surface area contributed by atoms with Gasteiger partial charge in [-0.25, -0.2) is 0 Å². The van der Waals surface area contributed by atoms with Gasteiger partial charge in [0.2, 0.25) is 6.79 Å². The summed E-state index contributed by atoms with van der Waals surface area (Å²) < 4.78 is 16.1. The van der Waals surface area contributed by atoms with Gasteiger partial charge in [-0.15, -0.1) is 0 Å². The van der Waals surface area contributed by atoms with Crippen LogP contribution in [0, 0.1) is 0 Å². The number of carbonyl (C=O) groups is 1. The van der Waals surface area contributed by atoms with Crippen molar-refractivity contribution >= 4 is 5.91 Å². The molecule has 3 rings (SSSR count). The van der Waals surface area contributed by atoms with Gasteiger partial charge in [-0.1, -0.05) is 12.1 Å². The first-order chi connectivity index (χ1) is 9.75. The number of hydrogen-bond acceptors (Lipinski definition) is 4. The quantitative estimate of drug-likeness (QED) is 0.918. The normalized spacial score (nSPS) is 16.9. The van der Waals surface area contributed by atoms with Gasteiger partial charge in [0.15, 0.2) is 11.5 Å². The molecule has 0 saturated carbocycles. The fraction of sp³-hybridized carbons (Fsp3) is 0.400. The maximum Gasteiger partial charge on any atom is 0.250 e. The largest absolute Gasteiger partial charge is 0.498 e. The zero-order chi connectivity index (χ0) is 13.9. The van der Waals surface area contributed by atoms with Crippen molar-refractivity contribution in [3.63, 3.8) is 0 Å². The van der Waals surface area contributed by atoms with E-state index >= 15 is 0 Å². The first kappa shape index (κ1) is 12.8. The molecule has 1 aromatic rings. The summed E-state index contributed by atoms with van der Waals surface area (Å²) in [6.07, 6.45) is 1.65. The van der Waals surface area contributed by atoms with Crippen molar-refractivity contribution in [1.29, 1.82) is 0 Å². The molecule has 0 aromatic heterocycles. The predicted octanol–water partition coefficient (Wildman–Crippen LogP) is 2.12. The Bertz CT molecular complexity index is 565. The van der Waals surface area contributed by atoms with Gasteiger partial charge in [-0.2, -0.15) is 0 Å². The number of amides is 1. The third kappa shape index (κ3) is 2.43. The summed E-state index contributed by atoms with van der Waals surface area (Å²) in [6.45, 7) is 3.19. The molecule has 0 radical (unpaired) electrons. The van der Waals surface area contributed by atoms with E-state index in [1.54, 1.807) is 0 Å². The number of benzene rings is 1. The fourth-order valence-electron chi connectivity index (χ4n) is 2.42. The van der Waals surface area contributed by atoms with Gasteiger partial charge < -0.3 is 19.5 Å². The van der Waals surface area contributed by atoms with E-state index in [9.17, 15) is 4.79 Å². The van der Waals surface area contributed by atoms with E-state index in [4.69, 9.17) is 14.2 Å². The summed E-state index contributed by atoms with van der Waals surface area (Å²) >= 11 is 0. The van der Waals surface area contributed by atoms with Gasteiger partial charge in [-0.3, -0.25) is 4.79 Å². The molecule has 106 valence electrons. The standard InChI is InChI=1S/C15H17NO4/c1-10-12(5-3-7-18-10)15(17)16-8-11-4-2-6-13-14(11)20-9-19-13/h2,4,6H,3,5,7-9H2,1H3,(H,16,17). The second-order valence-electron chi connectivity index (χ2n) is 4.82. The number of rotatable bonds is 3. The molecule has 0 unspecified atom stereocenters. The van der Waals surface area contributed by atoms with Gasteiger partial charge >= 0.3 is 0 Å². The summed E-state index contributed by atoms with van der Waals surface area (Å²) in [5.74, 6) is 2.11. The van der Waals surface area contributed by atoms with E-state index in [0.717, 1.165) is 41.2 Å². The number of hydrogen-bond donors (Lipinski definition) is 1. The molecule has 0 bridgehead atoms. The van der Waals surface area contributed by atoms with E-state index in [-0.39, 0.29) is 12.7 Å². The minimum atomic E-state index is -0.0706. The molecule has 20 heavy (non-hydrogen) atoms. The van der Waals surface area contributed by atoms with Gasteiger partial charge in [-0.05, 0) is 25.8 Å². The molecule has 0 saturated heterocycles. The van der Waals surface area contributed by atoms with Gasteiger partial charge in [0.05, 0.1) is 12.2 Å². The van der Waals surface area contributed by atoms with Crippen LogP contribution < -0.4 is 14.8 Å². The second kappa shape index (κ2) is 5.45. The molecule has 2 aliphatic heterocycles. The maximum atomic E-state index is 12.2. The SMILES string of the molecule is CC1=C(C(=O)NCc2cccc3c2OCO3)CCCO1. The molecule has 0 fully saturated rings. The molecule has 1 amide bonds. The monoisotopic (exact) mass is 275 g/mol. The molecule has 1 aromatic carbocycles. The van der Waals surface area contributed by atoms with Gasteiger partial charge in [0.25, 0.3) is 5.91 Å². The lowest BCUT2D eigenvalue weighted by Gasteiger charge is -2.18. The fourth-order valence-corrected chi connectivity index (χ4v) is 2.42. The molecule has 0 atom stereocenters. The van der Waals surface area contributed by atoms with Crippen molar-refractivity contribution in [2.24, 2.45) is 0 Å². The Labute approximate surface area is 117 Å². The molecule has 2 heterocycles. The van der Waals surface area contributed by atoms with Crippen LogP contribution in [0.3, 0.4) is 0 Å². The number of fused-ring (bicyclic) bond motifs is 1. The van der Waals surface area contributed by atoms with Crippen LogP contribution in [0.5, 0.6) is 11.5 Å². The van der Waals surface area contributed by atoms with E-state index in [1.165, 1.54) is 0 Å². The highest BCUT2D eigenvalue weighted by molar-refractivity contribution is 5.93. The van der Waals surface area contributed by atoms with Crippen molar-refractivity contribution in [2.75, 3.05) is 13.4 Å². The number of nitrogens with one attached hydrogen (secondary N) is 1. The van der Waals surface area contributed by atoms with Crippen LogP contribution in [0.1, 0.15) is 25.3 Å². The van der Waals surface area contributed by atoms with Crippen molar-refractivity contribution < 1.29 is 19.0 Å². The highest BCUT2D eigenvalue weighted by Gasteiger charge is 2.20. The summed E-state index contributed by atoms with van der Waals surface area (Å²) in [5, 5.41) is 2.92. The lowest BCUT2D eigenvalue weighted by Crippen LogP contribution is -2.27. The van der Waals surface area contributed by atoms with E-state index in [2.05, 4.69) is 5.32 Å². The van der Waals surface area contributed by atoms with Crippen LogP contribution in [0.4, 0.5) is 0 Å². The average Bonchev–Trinajstić information content (AvgIpc) is 2.94. The topological polar surface area (TPSA) is 56.8 Å². The molecule has 0 spiro atoms. The van der Waals surface area contributed by atoms with Crippen molar-refractivity contribution in [1.82, 2.24) is 5.32 Å². The van der Waals surface area contributed by atoms with Crippen LogP contribution in [0.25, 0.3) is 0 Å². The van der Waals surface area contributed by atoms with Crippen LogP contribution in [0.15, 0.2) is 29.5 Å². The van der Waals surface area contributed by atoms with Crippen molar-refractivity contribution in [3.05, 3.63) is 35.1 Å². The average molecular weight is 275 g/mol. The van der Waals surface area contributed by atoms with Crippen LogP contribution in [0.2, 0.25) is 0 Å². The number of ether oxygens (including phenoxy) is 3. The van der Waals surface area contributed by atoms with Crippen LogP contribution in [-0.2, 0) is 16.1 Å². The summed E-state index contributed by atoms with van der Waals surface area (Å²) in [6, 6.07) is 5.67. The third-order valence-electron chi connectivity index (χ3n) is 3.51. The van der Waals surface area contributed by atoms with Crippen molar-refractivity contribution in [3.8, 4) is 11.5 Å². The Kier molecular flexibility index (Phi) is 3.50. The smallest absolute Gasteiger partial charge is 0.250 e. The van der Waals surface area contributed by atoms with Crippen LogP contribution in [-0.4, -0.2) is 19.3 Å². The Morgan fingerprint density at radius 2 is 2.20 bits per heavy atom. The Morgan fingerprint density at radius 3 is 3.05 bits per heavy atom. The second-order valence-corrected chi connectivity index (χ2v) is 4.82. The number of carbonyl (C=O) groups excluding carboxylic acids is 1. The van der Waals surface area contributed by atoms with Gasteiger partial charge in [0.1, 0.15) is 5.76 Å². The highest BCUT2D eigenvalue weighted by Crippen LogP contribution is 2.35. The van der Waals surface area contributed by atoms with Crippen molar-refractivity contribution in [2.45, 2.75) is 26.3 Å². The summed E-state index contributed by atoms with van der Waals surface area (Å²) in [4.78, 5) is 12.2. The Hall–Kier alpha value is -2.17. The first-order valence-electron chi connectivity index (χ1n) is 6.74. The summed E-state index contributed by atoms with van der Waals surface area (Å²) in [5.41, 5.74) is 1.66. The zero-order valence-electron chi connectivity index (χ0n) is 11.4. The Balaban J connectivity index is 1.68. The molecule has 2 aliphatic rings. The molecule has 5 nitrogen and oxygen atoms in total. The molecular weight excluding hydrogens is 258 g/mol. The minimum absolute atomic E-state index is 0.0706.